The first-order valence-electron chi connectivity index (χ1n) is 11.7. The second kappa shape index (κ2) is 9.99. The molecule has 4 aromatic carbocycles. The van der Waals surface area contributed by atoms with Crippen LogP contribution in [0.5, 0.6) is 11.5 Å². The van der Waals surface area contributed by atoms with Gasteiger partial charge in [-0.3, -0.25) is 14.9 Å². The minimum absolute atomic E-state index is 0.158. The lowest BCUT2D eigenvalue weighted by atomic mass is 10.0. The first kappa shape index (κ1) is 23.8. The van der Waals surface area contributed by atoms with Crippen LogP contribution in [0.2, 0.25) is 0 Å². The molecular formula is C30H24N2O5. The number of rotatable bonds is 6. The third-order valence-corrected chi connectivity index (χ3v) is 6.22. The van der Waals surface area contributed by atoms with Crippen molar-refractivity contribution in [1.29, 1.82) is 0 Å². The number of para-hydroxylation sites is 1. The predicted octanol–water partition coefficient (Wildman–Crippen LogP) is 5.40. The van der Waals surface area contributed by atoms with Gasteiger partial charge in [0.05, 0.1) is 12.8 Å². The number of ether oxygens (including phenoxy) is 2. The number of carbonyl (C=O) groups excluding carboxylic acids is 3. The van der Waals surface area contributed by atoms with Crippen molar-refractivity contribution in [2.45, 2.75) is 13.5 Å². The fourth-order valence-electron chi connectivity index (χ4n) is 4.32. The minimum Gasteiger partial charge on any atom is -0.493 e. The number of amides is 4. The fraction of sp³-hybridized carbons (Fsp3) is 0.100. The molecule has 4 aromatic rings. The monoisotopic (exact) mass is 492 g/mol. The average Bonchev–Trinajstić information content (AvgIpc) is 2.91. The van der Waals surface area contributed by atoms with Crippen LogP contribution in [0.4, 0.5) is 10.5 Å². The van der Waals surface area contributed by atoms with Crippen molar-refractivity contribution in [2.75, 3.05) is 12.0 Å². The molecule has 1 fully saturated rings. The lowest BCUT2D eigenvalue weighted by molar-refractivity contribution is -0.122. The summed E-state index contributed by atoms with van der Waals surface area (Å²) in [5.74, 6) is -0.479. The minimum atomic E-state index is -0.781. The molecular weight excluding hydrogens is 468 g/mol. The molecule has 37 heavy (non-hydrogen) atoms. The quantitative estimate of drug-likeness (QED) is 0.288. The van der Waals surface area contributed by atoms with Crippen LogP contribution >= 0.6 is 0 Å². The molecule has 0 spiro atoms. The van der Waals surface area contributed by atoms with Gasteiger partial charge in [-0.25, -0.2) is 9.69 Å². The van der Waals surface area contributed by atoms with Gasteiger partial charge >= 0.3 is 6.03 Å². The molecule has 7 nitrogen and oxygen atoms in total. The standard InChI is InChI=1S/C30H24N2O5/c1-19-8-3-6-13-25(19)32-29(34)24(28(33)31-30(32)35)16-20-14-15-26(27(17-20)36-2)37-18-22-11-7-10-21-9-4-5-12-23(21)22/h3-17H,18H2,1-2H3,(H,31,33,35)/b24-16+. The van der Waals surface area contributed by atoms with E-state index in [1.165, 1.54) is 13.2 Å². The number of nitrogens with one attached hydrogen (secondary N) is 1. The van der Waals surface area contributed by atoms with E-state index in [1.807, 2.05) is 30.3 Å². The Morgan fingerprint density at radius 1 is 0.865 bits per heavy atom. The Labute approximate surface area is 213 Å². The van der Waals surface area contributed by atoms with Gasteiger partial charge in [-0.1, -0.05) is 66.7 Å². The van der Waals surface area contributed by atoms with Crippen molar-refractivity contribution < 1.29 is 23.9 Å². The highest BCUT2D eigenvalue weighted by Gasteiger charge is 2.37. The van der Waals surface area contributed by atoms with Gasteiger partial charge in [-0.2, -0.15) is 0 Å². The van der Waals surface area contributed by atoms with Gasteiger partial charge in [-0.15, -0.1) is 0 Å². The number of methoxy groups -OCH3 is 1. The first-order chi connectivity index (χ1) is 18.0. The van der Waals surface area contributed by atoms with E-state index in [0.29, 0.717) is 29.4 Å². The van der Waals surface area contributed by atoms with E-state index in [4.69, 9.17) is 9.47 Å². The number of fused-ring (bicyclic) bond motifs is 1. The van der Waals surface area contributed by atoms with E-state index in [0.717, 1.165) is 26.8 Å². The summed E-state index contributed by atoms with van der Waals surface area (Å²) >= 11 is 0. The number of barbiturate groups is 1. The van der Waals surface area contributed by atoms with Crippen LogP contribution < -0.4 is 19.7 Å². The highest BCUT2D eigenvalue weighted by Crippen LogP contribution is 2.31. The van der Waals surface area contributed by atoms with E-state index in [2.05, 4.69) is 23.5 Å². The molecule has 5 rings (SSSR count). The Bertz CT molecular complexity index is 1570. The number of urea groups is 1. The number of hydrogen-bond donors (Lipinski definition) is 1. The normalized spacial score (nSPS) is 14.7. The molecule has 0 bridgehead atoms. The third-order valence-electron chi connectivity index (χ3n) is 6.22. The van der Waals surface area contributed by atoms with Crippen LogP contribution in [0.15, 0.2) is 90.5 Å². The van der Waals surface area contributed by atoms with Crippen LogP contribution in [0.1, 0.15) is 16.7 Å². The van der Waals surface area contributed by atoms with Gasteiger partial charge in [0.15, 0.2) is 11.5 Å². The van der Waals surface area contributed by atoms with E-state index in [-0.39, 0.29) is 5.57 Å². The highest BCUT2D eigenvalue weighted by atomic mass is 16.5. The van der Waals surface area contributed by atoms with Crippen LogP contribution in [0.25, 0.3) is 16.8 Å². The van der Waals surface area contributed by atoms with Crippen molar-refractivity contribution in [3.05, 3.63) is 107 Å². The molecule has 1 N–H and O–H groups in total. The molecule has 1 heterocycles. The van der Waals surface area contributed by atoms with E-state index < -0.39 is 17.8 Å². The number of carbonyl (C=O) groups is 3. The summed E-state index contributed by atoms with van der Waals surface area (Å²) in [6.07, 6.45) is 1.44. The Hall–Kier alpha value is -4.91. The summed E-state index contributed by atoms with van der Waals surface area (Å²) in [7, 11) is 1.52. The summed E-state index contributed by atoms with van der Waals surface area (Å²) in [5.41, 5.74) is 2.57. The SMILES string of the molecule is COc1cc(/C=C2\C(=O)NC(=O)N(c3ccccc3C)C2=O)ccc1OCc1cccc2ccccc12. The van der Waals surface area contributed by atoms with Crippen molar-refractivity contribution in [3.8, 4) is 11.5 Å². The molecule has 4 amide bonds. The van der Waals surface area contributed by atoms with Crippen molar-refractivity contribution in [1.82, 2.24) is 5.32 Å². The number of hydrogen-bond acceptors (Lipinski definition) is 5. The second-order valence-corrected chi connectivity index (χ2v) is 8.58. The predicted molar refractivity (Wildman–Crippen MR) is 141 cm³/mol. The van der Waals surface area contributed by atoms with Gasteiger partial charge in [0.2, 0.25) is 0 Å². The topological polar surface area (TPSA) is 84.9 Å². The summed E-state index contributed by atoms with van der Waals surface area (Å²) in [5, 5.41) is 4.49. The largest absolute Gasteiger partial charge is 0.493 e. The number of imide groups is 2. The molecule has 0 aliphatic carbocycles. The Kier molecular flexibility index (Phi) is 6.43. The molecule has 1 aliphatic heterocycles. The molecule has 0 atom stereocenters. The molecule has 1 aliphatic rings. The van der Waals surface area contributed by atoms with Crippen molar-refractivity contribution >= 4 is 40.4 Å². The zero-order chi connectivity index (χ0) is 25.9. The zero-order valence-corrected chi connectivity index (χ0v) is 20.4. The summed E-state index contributed by atoms with van der Waals surface area (Å²) in [4.78, 5) is 39.2. The van der Waals surface area contributed by atoms with Crippen LogP contribution in [0.3, 0.4) is 0 Å². The van der Waals surface area contributed by atoms with E-state index in [9.17, 15) is 14.4 Å². The molecule has 1 saturated heterocycles. The molecule has 0 saturated carbocycles. The lowest BCUT2D eigenvalue weighted by Crippen LogP contribution is -2.54. The second-order valence-electron chi connectivity index (χ2n) is 8.58. The van der Waals surface area contributed by atoms with Gasteiger partial charge in [-0.05, 0) is 58.7 Å². The summed E-state index contributed by atoms with van der Waals surface area (Å²) < 4.78 is 11.6. The molecule has 184 valence electrons. The van der Waals surface area contributed by atoms with Gasteiger partial charge in [0, 0.05) is 0 Å². The summed E-state index contributed by atoms with van der Waals surface area (Å²) in [6, 6.07) is 25.5. The van der Waals surface area contributed by atoms with Gasteiger partial charge in [0.25, 0.3) is 11.8 Å². The maximum atomic E-state index is 13.2. The zero-order valence-electron chi connectivity index (χ0n) is 20.4. The molecule has 0 aromatic heterocycles. The maximum Gasteiger partial charge on any atom is 0.335 e. The van der Waals surface area contributed by atoms with E-state index in [1.54, 1.807) is 43.3 Å². The lowest BCUT2D eigenvalue weighted by Gasteiger charge is -2.27. The van der Waals surface area contributed by atoms with Crippen LogP contribution in [-0.2, 0) is 16.2 Å². The summed E-state index contributed by atoms with van der Waals surface area (Å²) in [6.45, 7) is 2.13. The number of nitrogens with zero attached hydrogens (tertiary/aromatic N) is 1. The maximum absolute atomic E-state index is 13.2. The van der Waals surface area contributed by atoms with E-state index >= 15 is 0 Å². The van der Waals surface area contributed by atoms with Gasteiger partial charge in [0.1, 0.15) is 12.2 Å². The highest BCUT2D eigenvalue weighted by molar-refractivity contribution is 6.39. The van der Waals surface area contributed by atoms with Gasteiger partial charge < -0.3 is 9.47 Å². The molecule has 7 heteroatoms. The van der Waals surface area contributed by atoms with Crippen LogP contribution in [-0.4, -0.2) is 25.0 Å². The van der Waals surface area contributed by atoms with Crippen molar-refractivity contribution in [3.63, 3.8) is 0 Å². The molecule has 0 radical (unpaired) electrons. The van der Waals surface area contributed by atoms with Crippen molar-refractivity contribution in [2.24, 2.45) is 0 Å². The first-order valence-corrected chi connectivity index (χ1v) is 11.7. The Morgan fingerprint density at radius 3 is 2.43 bits per heavy atom. The Balaban J connectivity index is 1.41. The fourth-order valence-corrected chi connectivity index (χ4v) is 4.32. The average molecular weight is 493 g/mol. The molecule has 0 unspecified atom stereocenters. The third kappa shape index (κ3) is 4.67. The smallest absolute Gasteiger partial charge is 0.335 e. The van der Waals surface area contributed by atoms with Crippen LogP contribution in [0, 0.1) is 6.92 Å². The number of aryl methyl sites for hydroxylation is 1. The Morgan fingerprint density at radius 2 is 1.62 bits per heavy atom. The number of benzene rings is 4. The number of anilines is 1.